The summed E-state index contributed by atoms with van der Waals surface area (Å²) >= 11 is 0. The highest BCUT2D eigenvalue weighted by atomic mass is 16.3. The lowest BCUT2D eigenvalue weighted by Crippen LogP contribution is -2.47. The number of aliphatic hydroxyl groups excluding tert-OH is 1. The minimum Gasteiger partial charge on any atom is -0.512 e. The summed E-state index contributed by atoms with van der Waals surface area (Å²) in [6, 6.07) is 0.263. The monoisotopic (exact) mass is 279 g/mol. The zero-order valence-corrected chi connectivity index (χ0v) is 13.5. The normalized spacial score (nSPS) is 34.6. The van der Waals surface area contributed by atoms with E-state index >= 15 is 0 Å². The molecule has 0 saturated heterocycles. The number of amides is 1. The van der Waals surface area contributed by atoms with Crippen molar-refractivity contribution in [3.63, 3.8) is 0 Å². The summed E-state index contributed by atoms with van der Waals surface area (Å²) in [5, 5.41) is 10.2. The van der Waals surface area contributed by atoms with Crippen LogP contribution in [0.15, 0.2) is 11.8 Å². The van der Waals surface area contributed by atoms with Crippen LogP contribution in [-0.2, 0) is 4.79 Å². The Morgan fingerprint density at radius 3 is 2.70 bits per heavy atom. The summed E-state index contributed by atoms with van der Waals surface area (Å²) in [6.45, 7) is 8.56. The predicted molar refractivity (Wildman–Crippen MR) is 81.3 cm³/mol. The first-order chi connectivity index (χ1) is 9.29. The first-order valence-electron chi connectivity index (χ1n) is 7.95. The number of nitrogens with zero attached hydrogens (tertiary/aromatic N) is 1. The van der Waals surface area contributed by atoms with Crippen molar-refractivity contribution in [2.45, 2.75) is 59.4 Å². The van der Waals surface area contributed by atoms with Crippen molar-refractivity contribution in [1.82, 2.24) is 4.90 Å². The van der Waals surface area contributed by atoms with E-state index in [1.54, 1.807) is 0 Å². The van der Waals surface area contributed by atoms with Crippen LogP contribution >= 0.6 is 0 Å². The average Bonchev–Trinajstić information content (AvgIpc) is 2.72. The second kappa shape index (κ2) is 5.42. The molecule has 2 aliphatic carbocycles. The van der Waals surface area contributed by atoms with Gasteiger partial charge in [0.25, 0.3) is 0 Å². The highest BCUT2D eigenvalue weighted by Crippen LogP contribution is 2.54. The number of aliphatic hydroxyl groups is 1. The van der Waals surface area contributed by atoms with E-state index in [1.807, 2.05) is 18.0 Å². The van der Waals surface area contributed by atoms with E-state index in [1.165, 1.54) is 0 Å². The van der Waals surface area contributed by atoms with Gasteiger partial charge in [-0.25, -0.2) is 0 Å². The predicted octanol–water partition coefficient (Wildman–Crippen LogP) is 3.76. The molecule has 0 spiro atoms. The van der Waals surface area contributed by atoms with E-state index in [4.69, 9.17) is 0 Å². The molecule has 3 heteroatoms. The lowest BCUT2D eigenvalue weighted by molar-refractivity contribution is -0.142. The Bertz CT molecular complexity index is 415. The fraction of sp³-hybridized carbons (Fsp3) is 0.824. The highest BCUT2D eigenvalue weighted by Gasteiger charge is 2.50. The minimum absolute atomic E-state index is 0.0702. The number of rotatable bonds is 3. The number of carbonyl (C=O) groups is 1. The summed E-state index contributed by atoms with van der Waals surface area (Å²) in [7, 11) is 1.93. The van der Waals surface area contributed by atoms with Gasteiger partial charge < -0.3 is 10.0 Å². The van der Waals surface area contributed by atoms with Crippen LogP contribution in [0.3, 0.4) is 0 Å². The summed E-state index contributed by atoms with van der Waals surface area (Å²) < 4.78 is 0. The van der Waals surface area contributed by atoms with Gasteiger partial charge in [-0.05, 0) is 44.1 Å². The molecule has 4 atom stereocenters. The Morgan fingerprint density at radius 2 is 2.10 bits per heavy atom. The summed E-state index contributed by atoms with van der Waals surface area (Å²) in [5.41, 5.74) is -0.166. The Labute approximate surface area is 123 Å². The molecule has 0 bridgehead atoms. The molecule has 0 aliphatic heterocycles. The molecule has 1 saturated carbocycles. The molecule has 0 unspecified atom stereocenters. The number of hydrogen-bond acceptors (Lipinski definition) is 2. The van der Waals surface area contributed by atoms with Crippen molar-refractivity contribution in [2.75, 3.05) is 7.05 Å². The molecule has 0 aromatic carbocycles. The zero-order valence-electron chi connectivity index (χ0n) is 13.5. The van der Waals surface area contributed by atoms with Crippen molar-refractivity contribution < 1.29 is 9.90 Å². The molecule has 0 aromatic rings. The maximum Gasteiger partial charge on any atom is 0.225 e. The molecule has 20 heavy (non-hydrogen) atoms. The molecule has 1 N–H and O–H groups in total. The SMILES string of the molecule is CC(C)[C@H](C)N(C)C(=O)[C@@H]1CCC[C@]2(C)C(O)=CC[C@@H]12. The Balaban J connectivity index is 2.15. The van der Waals surface area contributed by atoms with E-state index < -0.39 is 0 Å². The van der Waals surface area contributed by atoms with E-state index in [9.17, 15) is 9.90 Å². The second-order valence-corrected chi connectivity index (χ2v) is 7.28. The number of carbonyl (C=O) groups excluding carboxylic acids is 1. The molecule has 2 aliphatic rings. The molecule has 1 fully saturated rings. The third kappa shape index (κ3) is 2.36. The first-order valence-corrected chi connectivity index (χ1v) is 7.95. The standard InChI is InChI=1S/C17H29NO2/c1-11(2)12(3)18(5)16(20)13-7-6-10-17(4)14(13)8-9-15(17)19/h9,11-14,19H,6-8,10H2,1-5H3/t12-,13+,14-,17-/m0/s1. The summed E-state index contributed by atoms with van der Waals surface area (Å²) in [4.78, 5) is 14.8. The summed E-state index contributed by atoms with van der Waals surface area (Å²) in [5.74, 6) is 1.60. The average molecular weight is 279 g/mol. The second-order valence-electron chi connectivity index (χ2n) is 7.28. The van der Waals surface area contributed by atoms with Crippen LogP contribution in [0.4, 0.5) is 0 Å². The fourth-order valence-corrected chi connectivity index (χ4v) is 3.94. The largest absolute Gasteiger partial charge is 0.512 e. The van der Waals surface area contributed by atoms with Gasteiger partial charge in [0.1, 0.15) is 0 Å². The van der Waals surface area contributed by atoms with Crippen LogP contribution in [-0.4, -0.2) is 29.0 Å². The lowest BCUT2D eigenvalue weighted by atomic mass is 9.63. The molecular formula is C17H29NO2. The van der Waals surface area contributed by atoms with E-state index in [-0.39, 0.29) is 29.2 Å². The molecule has 114 valence electrons. The Hall–Kier alpha value is -0.990. The molecule has 0 aromatic heterocycles. The van der Waals surface area contributed by atoms with E-state index in [0.29, 0.717) is 11.7 Å². The van der Waals surface area contributed by atoms with E-state index in [0.717, 1.165) is 25.7 Å². The number of hydrogen-bond donors (Lipinski definition) is 1. The van der Waals surface area contributed by atoms with Gasteiger partial charge in [0.15, 0.2) is 0 Å². The smallest absolute Gasteiger partial charge is 0.225 e. The van der Waals surface area contributed by atoms with Gasteiger partial charge in [0.05, 0.1) is 5.76 Å². The molecule has 3 nitrogen and oxygen atoms in total. The van der Waals surface area contributed by atoms with Gasteiger partial charge in [-0.2, -0.15) is 0 Å². The van der Waals surface area contributed by atoms with Gasteiger partial charge in [0, 0.05) is 24.4 Å². The van der Waals surface area contributed by atoms with Crippen LogP contribution in [0.5, 0.6) is 0 Å². The molecule has 2 rings (SSSR count). The van der Waals surface area contributed by atoms with Crippen molar-refractivity contribution >= 4 is 5.91 Å². The lowest BCUT2D eigenvalue weighted by Gasteiger charge is -2.43. The Kier molecular flexibility index (Phi) is 4.17. The quantitative estimate of drug-likeness (QED) is 0.854. The maximum atomic E-state index is 12.9. The maximum absolute atomic E-state index is 12.9. The highest BCUT2D eigenvalue weighted by molar-refractivity contribution is 5.79. The van der Waals surface area contributed by atoms with Crippen LogP contribution in [0.1, 0.15) is 53.4 Å². The number of fused-ring (bicyclic) bond motifs is 1. The minimum atomic E-state index is -0.166. The van der Waals surface area contributed by atoms with Gasteiger partial charge >= 0.3 is 0 Å². The van der Waals surface area contributed by atoms with Crippen molar-refractivity contribution in [3.05, 3.63) is 11.8 Å². The van der Waals surface area contributed by atoms with Crippen LogP contribution in [0, 0.1) is 23.2 Å². The molecule has 0 heterocycles. The summed E-state index contributed by atoms with van der Waals surface area (Å²) in [6.07, 6.45) is 5.79. The van der Waals surface area contributed by atoms with Crippen LogP contribution < -0.4 is 0 Å². The fourth-order valence-electron chi connectivity index (χ4n) is 3.94. The molecular weight excluding hydrogens is 250 g/mol. The molecule has 0 radical (unpaired) electrons. The molecule has 1 amide bonds. The topological polar surface area (TPSA) is 40.5 Å². The van der Waals surface area contributed by atoms with Gasteiger partial charge in [0.2, 0.25) is 5.91 Å². The third-order valence-corrected chi connectivity index (χ3v) is 5.91. The van der Waals surface area contributed by atoms with Gasteiger partial charge in [-0.15, -0.1) is 0 Å². The van der Waals surface area contributed by atoms with Crippen LogP contribution in [0.2, 0.25) is 0 Å². The van der Waals surface area contributed by atoms with Crippen molar-refractivity contribution in [2.24, 2.45) is 23.2 Å². The van der Waals surface area contributed by atoms with Gasteiger partial charge in [-0.3, -0.25) is 4.79 Å². The third-order valence-electron chi connectivity index (χ3n) is 5.91. The zero-order chi connectivity index (χ0) is 15.1. The Morgan fingerprint density at radius 1 is 1.45 bits per heavy atom. The van der Waals surface area contributed by atoms with Crippen LogP contribution in [0.25, 0.3) is 0 Å². The van der Waals surface area contributed by atoms with Crippen molar-refractivity contribution in [1.29, 1.82) is 0 Å². The van der Waals surface area contributed by atoms with Crippen molar-refractivity contribution in [3.8, 4) is 0 Å². The van der Waals surface area contributed by atoms with Gasteiger partial charge in [-0.1, -0.05) is 27.2 Å². The number of allylic oxidation sites excluding steroid dienone is 2. The first kappa shape index (κ1) is 15.4. The van der Waals surface area contributed by atoms with E-state index in [2.05, 4.69) is 27.7 Å².